The summed E-state index contributed by atoms with van der Waals surface area (Å²) in [5.41, 5.74) is 7.19. The molecule has 1 saturated heterocycles. The normalized spacial score (nSPS) is 15.0. The Hall–Kier alpha value is -3.73. The van der Waals surface area contributed by atoms with Crippen molar-refractivity contribution in [2.24, 2.45) is 5.73 Å². The van der Waals surface area contributed by atoms with Crippen molar-refractivity contribution in [2.75, 3.05) is 18.4 Å². The molecule has 0 unspecified atom stereocenters. The van der Waals surface area contributed by atoms with Crippen molar-refractivity contribution in [3.8, 4) is 5.75 Å². The third-order valence-electron chi connectivity index (χ3n) is 6.06. The topological polar surface area (TPSA) is 146 Å². The van der Waals surface area contributed by atoms with Gasteiger partial charge in [0, 0.05) is 11.3 Å². The van der Waals surface area contributed by atoms with E-state index >= 15 is 0 Å². The second-order valence-corrected chi connectivity index (χ2v) is 10.6. The van der Waals surface area contributed by atoms with Crippen molar-refractivity contribution in [2.45, 2.75) is 36.3 Å². The molecule has 0 saturated carbocycles. The monoisotopic (exact) mass is 521 g/mol. The molecule has 0 radical (unpaired) electrons. The van der Waals surface area contributed by atoms with E-state index in [0.29, 0.717) is 11.3 Å². The second-order valence-electron chi connectivity index (χ2n) is 8.89. The number of anilines is 1. The van der Waals surface area contributed by atoms with Crippen molar-refractivity contribution in [1.29, 1.82) is 5.41 Å². The van der Waals surface area contributed by atoms with Crippen molar-refractivity contribution < 1.29 is 17.9 Å². The number of rotatable bonds is 10. The SMILES string of the molecule is N=C(N)c1cccc(NC(=O)[C@H](Cc2ccc(OC3CCNCC3)cc2)NS(=O)(=O)c2ccccc2)c1. The first kappa shape index (κ1) is 26.3. The molecule has 1 atom stereocenters. The van der Waals surface area contributed by atoms with E-state index in [9.17, 15) is 13.2 Å². The van der Waals surface area contributed by atoms with E-state index in [4.69, 9.17) is 15.9 Å². The van der Waals surface area contributed by atoms with E-state index in [1.165, 1.54) is 12.1 Å². The number of piperidine rings is 1. The number of carbonyl (C=O) groups excluding carboxylic acids is 1. The summed E-state index contributed by atoms with van der Waals surface area (Å²) in [6, 6.07) is 20.7. The quantitative estimate of drug-likeness (QED) is 0.205. The number of ether oxygens (including phenoxy) is 1. The first-order chi connectivity index (χ1) is 17.8. The van der Waals surface area contributed by atoms with E-state index < -0.39 is 22.0 Å². The number of hydrogen-bond acceptors (Lipinski definition) is 6. The highest BCUT2D eigenvalue weighted by atomic mass is 32.2. The molecule has 3 aromatic carbocycles. The molecule has 0 spiro atoms. The van der Waals surface area contributed by atoms with Crippen LogP contribution >= 0.6 is 0 Å². The number of nitrogen functional groups attached to an aromatic ring is 1. The summed E-state index contributed by atoms with van der Waals surface area (Å²) in [5.74, 6) is 0.0713. The molecular formula is C27H31N5O4S. The summed E-state index contributed by atoms with van der Waals surface area (Å²) in [6.07, 6.45) is 2.17. The smallest absolute Gasteiger partial charge is 0.242 e. The molecule has 37 heavy (non-hydrogen) atoms. The fourth-order valence-electron chi connectivity index (χ4n) is 4.08. The Bertz CT molecular complexity index is 1320. The Kier molecular flexibility index (Phi) is 8.54. The molecule has 4 rings (SSSR count). The van der Waals surface area contributed by atoms with Crippen molar-refractivity contribution >= 4 is 27.5 Å². The van der Waals surface area contributed by atoms with Crippen LogP contribution in [0.3, 0.4) is 0 Å². The van der Waals surface area contributed by atoms with Crippen LogP contribution in [0.15, 0.2) is 83.8 Å². The van der Waals surface area contributed by atoms with Gasteiger partial charge in [0.1, 0.15) is 23.7 Å². The van der Waals surface area contributed by atoms with Crippen LogP contribution in [0, 0.1) is 5.41 Å². The highest BCUT2D eigenvalue weighted by Gasteiger charge is 2.26. The number of amidine groups is 1. The molecule has 3 aromatic rings. The summed E-state index contributed by atoms with van der Waals surface area (Å²) in [5, 5.41) is 13.7. The van der Waals surface area contributed by atoms with Gasteiger partial charge in [-0.2, -0.15) is 4.72 Å². The standard InChI is InChI=1S/C27H31N5O4S/c28-26(29)20-5-4-6-21(18-20)31-27(33)25(32-37(34,35)24-7-2-1-3-8-24)17-19-9-11-22(12-10-19)36-23-13-15-30-16-14-23/h1-12,18,23,25,30,32H,13-17H2,(H3,28,29)(H,31,33)/t25-/m0/s1. The van der Waals surface area contributed by atoms with Crippen molar-refractivity contribution in [3.05, 3.63) is 90.0 Å². The van der Waals surface area contributed by atoms with E-state index in [0.717, 1.165) is 37.2 Å². The fourth-order valence-corrected chi connectivity index (χ4v) is 5.30. The predicted molar refractivity (Wildman–Crippen MR) is 143 cm³/mol. The summed E-state index contributed by atoms with van der Waals surface area (Å²) in [4.78, 5) is 13.3. The third kappa shape index (κ3) is 7.39. The Morgan fingerprint density at radius 2 is 1.73 bits per heavy atom. The first-order valence-corrected chi connectivity index (χ1v) is 13.6. The van der Waals surface area contributed by atoms with Crippen LogP contribution in [0.25, 0.3) is 0 Å². The molecule has 194 valence electrons. The van der Waals surface area contributed by atoms with Gasteiger partial charge in [0.2, 0.25) is 15.9 Å². The number of nitrogens with one attached hydrogen (secondary N) is 4. The lowest BCUT2D eigenvalue weighted by Crippen LogP contribution is -2.45. The zero-order valence-electron chi connectivity index (χ0n) is 20.3. The molecule has 1 aliphatic rings. The Morgan fingerprint density at radius 1 is 1.03 bits per heavy atom. The predicted octanol–water partition coefficient (Wildman–Crippen LogP) is 2.63. The number of sulfonamides is 1. The van der Waals surface area contributed by atoms with Gasteiger partial charge in [-0.3, -0.25) is 10.2 Å². The van der Waals surface area contributed by atoms with Gasteiger partial charge in [0.05, 0.1) is 4.90 Å². The van der Waals surface area contributed by atoms with Gasteiger partial charge in [-0.25, -0.2) is 8.42 Å². The van der Waals surface area contributed by atoms with Gasteiger partial charge in [0.15, 0.2) is 0 Å². The third-order valence-corrected chi connectivity index (χ3v) is 7.55. The summed E-state index contributed by atoms with van der Waals surface area (Å²) < 4.78 is 34.7. The zero-order valence-corrected chi connectivity index (χ0v) is 21.1. The highest BCUT2D eigenvalue weighted by molar-refractivity contribution is 7.89. The Morgan fingerprint density at radius 3 is 2.41 bits per heavy atom. The van der Waals surface area contributed by atoms with Gasteiger partial charge in [-0.05, 0) is 74.3 Å². The van der Waals surface area contributed by atoms with Crippen LogP contribution in [0.5, 0.6) is 5.75 Å². The van der Waals surface area contributed by atoms with Gasteiger partial charge in [-0.15, -0.1) is 0 Å². The molecule has 1 fully saturated rings. The summed E-state index contributed by atoms with van der Waals surface area (Å²) in [7, 11) is -3.96. The van der Waals surface area contributed by atoms with E-state index in [-0.39, 0.29) is 23.3 Å². The van der Waals surface area contributed by atoms with Crippen LogP contribution in [0.1, 0.15) is 24.0 Å². The molecule has 9 nitrogen and oxygen atoms in total. The minimum absolute atomic E-state index is 0.0668. The lowest BCUT2D eigenvalue weighted by Gasteiger charge is -2.24. The number of hydrogen-bond donors (Lipinski definition) is 5. The fraction of sp³-hybridized carbons (Fsp3) is 0.259. The molecule has 1 amide bonds. The molecule has 1 aliphatic heterocycles. The van der Waals surface area contributed by atoms with Crippen molar-refractivity contribution in [3.63, 3.8) is 0 Å². The van der Waals surface area contributed by atoms with Gasteiger partial charge in [0.25, 0.3) is 0 Å². The molecule has 0 aromatic heterocycles. The molecule has 0 aliphatic carbocycles. The zero-order chi connectivity index (χ0) is 26.3. The van der Waals surface area contributed by atoms with Crippen LogP contribution in [0.4, 0.5) is 5.69 Å². The van der Waals surface area contributed by atoms with E-state index in [2.05, 4.69) is 15.4 Å². The minimum Gasteiger partial charge on any atom is -0.490 e. The molecule has 10 heteroatoms. The lowest BCUT2D eigenvalue weighted by atomic mass is 10.1. The average molecular weight is 522 g/mol. The van der Waals surface area contributed by atoms with Crippen LogP contribution in [-0.2, 0) is 21.2 Å². The maximum absolute atomic E-state index is 13.3. The molecule has 1 heterocycles. The minimum atomic E-state index is -3.96. The number of carbonyl (C=O) groups is 1. The Balaban J connectivity index is 1.52. The molecule has 6 N–H and O–H groups in total. The second kappa shape index (κ2) is 12.0. The number of benzene rings is 3. The summed E-state index contributed by atoms with van der Waals surface area (Å²) >= 11 is 0. The molecule has 0 bridgehead atoms. The maximum atomic E-state index is 13.3. The van der Waals surface area contributed by atoms with Gasteiger partial charge >= 0.3 is 0 Å². The Labute approximate surface area is 217 Å². The van der Waals surface area contributed by atoms with Gasteiger partial charge in [-0.1, -0.05) is 42.5 Å². The van der Waals surface area contributed by atoms with Crippen LogP contribution < -0.4 is 25.8 Å². The van der Waals surface area contributed by atoms with Crippen molar-refractivity contribution in [1.82, 2.24) is 10.0 Å². The number of amides is 1. The van der Waals surface area contributed by atoms with Gasteiger partial charge < -0.3 is 21.1 Å². The highest BCUT2D eigenvalue weighted by Crippen LogP contribution is 2.20. The first-order valence-electron chi connectivity index (χ1n) is 12.1. The molecular weight excluding hydrogens is 490 g/mol. The van der Waals surface area contributed by atoms with E-state index in [1.54, 1.807) is 42.5 Å². The summed E-state index contributed by atoms with van der Waals surface area (Å²) in [6.45, 7) is 1.85. The lowest BCUT2D eigenvalue weighted by molar-refractivity contribution is -0.117. The van der Waals surface area contributed by atoms with Crippen LogP contribution in [0.2, 0.25) is 0 Å². The number of nitrogens with two attached hydrogens (primary N) is 1. The van der Waals surface area contributed by atoms with Crippen LogP contribution in [-0.4, -0.2) is 45.4 Å². The largest absolute Gasteiger partial charge is 0.490 e. The maximum Gasteiger partial charge on any atom is 0.242 e. The van der Waals surface area contributed by atoms with E-state index in [1.807, 2.05) is 24.3 Å². The average Bonchev–Trinajstić information content (AvgIpc) is 2.90.